The third-order valence-corrected chi connectivity index (χ3v) is 5.23. The second kappa shape index (κ2) is 7.90. The number of anilines is 1. The fraction of sp³-hybridized carbons (Fsp3) is 0.294. The summed E-state index contributed by atoms with van der Waals surface area (Å²) in [5.41, 5.74) is 0.445. The van der Waals surface area contributed by atoms with Crippen molar-refractivity contribution in [3.63, 3.8) is 0 Å². The molecule has 2 atom stereocenters. The number of ether oxygens (including phenoxy) is 1. The van der Waals surface area contributed by atoms with E-state index in [0.717, 1.165) is 6.07 Å². The van der Waals surface area contributed by atoms with Gasteiger partial charge in [0.2, 0.25) is 10.0 Å². The van der Waals surface area contributed by atoms with Crippen LogP contribution < -0.4 is 10.0 Å². The highest BCUT2D eigenvalue weighted by Gasteiger charge is 2.23. The van der Waals surface area contributed by atoms with Gasteiger partial charge in [-0.3, -0.25) is 0 Å². The van der Waals surface area contributed by atoms with Crippen LogP contribution >= 0.6 is 0 Å². The maximum absolute atomic E-state index is 14.3. The van der Waals surface area contributed by atoms with Crippen LogP contribution in [0.15, 0.2) is 47.4 Å². The molecule has 2 rings (SSSR count). The molecule has 136 valence electrons. The number of sulfonamides is 1. The summed E-state index contributed by atoms with van der Waals surface area (Å²) in [7, 11) is -1.04. The van der Waals surface area contributed by atoms with Gasteiger partial charge in [0.15, 0.2) is 0 Å². The zero-order valence-corrected chi connectivity index (χ0v) is 14.9. The van der Waals surface area contributed by atoms with Gasteiger partial charge >= 0.3 is 0 Å². The number of hydrogen-bond donors (Lipinski definition) is 2. The minimum Gasteiger partial charge on any atom is -0.377 e. The first-order chi connectivity index (χ1) is 11.8. The van der Waals surface area contributed by atoms with Gasteiger partial charge in [0, 0.05) is 12.7 Å². The SMILES string of the molecule is CNS(=O)(=O)c1ccc(NC(C)C(OC)c2ccccc2F)c(F)c1. The van der Waals surface area contributed by atoms with E-state index >= 15 is 0 Å². The maximum atomic E-state index is 14.3. The molecular weight excluding hydrogens is 350 g/mol. The second-order valence-electron chi connectivity index (χ2n) is 5.46. The number of nitrogens with one attached hydrogen (secondary N) is 2. The van der Waals surface area contributed by atoms with Gasteiger partial charge in [-0.1, -0.05) is 18.2 Å². The summed E-state index contributed by atoms with van der Waals surface area (Å²) in [5.74, 6) is -1.15. The fourth-order valence-electron chi connectivity index (χ4n) is 2.53. The van der Waals surface area contributed by atoms with Crippen molar-refractivity contribution < 1.29 is 21.9 Å². The topological polar surface area (TPSA) is 67.4 Å². The third kappa shape index (κ3) is 4.33. The van der Waals surface area contributed by atoms with Crippen LogP contribution in [0.2, 0.25) is 0 Å². The Balaban J connectivity index is 2.25. The molecule has 5 nitrogen and oxygen atoms in total. The Kier molecular flexibility index (Phi) is 6.10. The average molecular weight is 370 g/mol. The van der Waals surface area contributed by atoms with Crippen LogP contribution in [0, 0.1) is 11.6 Å². The number of rotatable bonds is 7. The standard InChI is InChI=1S/C17H20F2N2O3S/c1-11(17(24-3)13-6-4-5-7-14(13)18)21-16-9-8-12(10-15(16)19)25(22,23)20-2/h4-11,17,20-21H,1-3H3. The minimum atomic E-state index is -3.73. The summed E-state index contributed by atoms with van der Waals surface area (Å²) in [6.45, 7) is 1.72. The summed E-state index contributed by atoms with van der Waals surface area (Å²) in [6.07, 6.45) is -0.652. The summed E-state index contributed by atoms with van der Waals surface area (Å²) >= 11 is 0. The van der Waals surface area contributed by atoms with Crippen LogP contribution in [0.25, 0.3) is 0 Å². The van der Waals surface area contributed by atoms with Gasteiger partial charge < -0.3 is 10.1 Å². The van der Waals surface area contributed by atoms with E-state index in [0.29, 0.717) is 5.56 Å². The molecule has 8 heteroatoms. The molecule has 0 aliphatic rings. The quantitative estimate of drug-likeness (QED) is 0.786. The highest BCUT2D eigenvalue weighted by Crippen LogP contribution is 2.27. The molecule has 2 unspecified atom stereocenters. The molecule has 0 bridgehead atoms. The van der Waals surface area contributed by atoms with E-state index in [1.165, 1.54) is 32.4 Å². The van der Waals surface area contributed by atoms with Crippen LogP contribution in [0.3, 0.4) is 0 Å². The minimum absolute atomic E-state index is 0.0981. The van der Waals surface area contributed by atoms with Crippen molar-refractivity contribution >= 4 is 15.7 Å². The Morgan fingerprint density at radius 1 is 1.08 bits per heavy atom. The molecule has 0 saturated carbocycles. The van der Waals surface area contributed by atoms with Crippen molar-refractivity contribution in [1.29, 1.82) is 0 Å². The number of benzene rings is 2. The van der Waals surface area contributed by atoms with E-state index in [1.54, 1.807) is 25.1 Å². The monoisotopic (exact) mass is 370 g/mol. The molecule has 0 saturated heterocycles. The number of hydrogen-bond acceptors (Lipinski definition) is 4. The van der Waals surface area contributed by atoms with E-state index in [-0.39, 0.29) is 10.6 Å². The van der Waals surface area contributed by atoms with E-state index in [1.807, 2.05) is 0 Å². The molecule has 25 heavy (non-hydrogen) atoms. The lowest BCUT2D eigenvalue weighted by molar-refractivity contribution is 0.0876. The molecule has 0 radical (unpaired) electrons. The lowest BCUT2D eigenvalue weighted by Gasteiger charge is -2.25. The van der Waals surface area contributed by atoms with Crippen molar-refractivity contribution in [3.05, 3.63) is 59.7 Å². The molecule has 0 amide bonds. The summed E-state index contributed by atoms with van der Waals surface area (Å²) in [6, 6.07) is 9.25. The molecule has 2 aromatic rings. The molecule has 0 spiro atoms. The molecule has 0 fully saturated rings. The van der Waals surface area contributed by atoms with Gasteiger partial charge in [-0.25, -0.2) is 21.9 Å². The van der Waals surface area contributed by atoms with Gasteiger partial charge in [0.1, 0.15) is 17.7 Å². The second-order valence-corrected chi connectivity index (χ2v) is 7.35. The zero-order chi connectivity index (χ0) is 18.6. The lowest BCUT2D eigenvalue weighted by atomic mass is 10.0. The third-order valence-electron chi connectivity index (χ3n) is 3.82. The normalized spacial score (nSPS) is 14.1. The van der Waals surface area contributed by atoms with E-state index in [2.05, 4.69) is 10.0 Å². The van der Waals surface area contributed by atoms with Crippen molar-refractivity contribution in [3.8, 4) is 0 Å². The first kappa shape index (κ1) is 19.3. The van der Waals surface area contributed by atoms with Crippen LogP contribution in [0.1, 0.15) is 18.6 Å². The molecule has 0 aliphatic heterocycles. The Morgan fingerprint density at radius 2 is 1.76 bits per heavy atom. The molecule has 0 aliphatic carbocycles. The molecule has 0 aromatic heterocycles. The van der Waals surface area contributed by atoms with Crippen molar-refractivity contribution in [2.45, 2.75) is 24.0 Å². The Bertz CT molecular complexity index is 844. The lowest BCUT2D eigenvalue weighted by Crippen LogP contribution is -2.27. The molecule has 2 aromatic carbocycles. The maximum Gasteiger partial charge on any atom is 0.240 e. The van der Waals surface area contributed by atoms with Gasteiger partial charge in [0.05, 0.1) is 16.6 Å². The number of methoxy groups -OCH3 is 1. The van der Waals surface area contributed by atoms with E-state index in [4.69, 9.17) is 4.74 Å². The average Bonchev–Trinajstić information content (AvgIpc) is 2.59. The molecule has 2 N–H and O–H groups in total. The highest BCUT2D eigenvalue weighted by atomic mass is 32.2. The summed E-state index contributed by atoms with van der Waals surface area (Å²) in [4.78, 5) is -0.178. The zero-order valence-electron chi connectivity index (χ0n) is 14.1. The molecular formula is C17H20F2N2O3S. The summed E-state index contributed by atoms with van der Waals surface area (Å²) in [5, 5.41) is 2.90. The van der Waals surface area contributed by atoms with Crippen LogP contribution in [-0.4, -0.2) is 28.6 Å². The van der Waals surface area contributed by atoms with Gasteiger partial charge in [-0.2, -0.15) is 0 Å². The fourth-order valence-corrected chi connectivity index (χ4v) is 3.27. The Hall–Kier alpha value is -2.03. The first-order valence-electron chi connectivity index (χ1n) is 7.57. The smallest absolute Gasteiger partial charge is 0.240 e. The summed E-state index contributed by atoms with van der Waals surface area (Å²) < 4.78 is 59.1. The van der Waals surface area contributed by atoms with Crippen LogP contribution in [-0.2, 0) is 14.8 Å². The predicted molar refractivity (Wildman–Crippen MR) is 91.9 cm³/mol. The highest BCUT2D eigenvalue weighted by molar-refractivity contribution is 7.89. The van der Waals surface area contributed by atoms with E-state index < -0.39 is 33.8 Å². The van der Waals surface area contributed by atoms with Gasteiger partial charge in [-0.05, 0) is 38.2 Å². The van der Waals surface area contributed by atoms with Crippen molar-refractivity contribution in [2.75, 3.05) is 19.5 Å². The van der Waals surface area contributed by atoms with Crippen molar-refractivity contribution in [2.24, 2.45) is 0 Å². The van der Waals surface area contributed by atoms with Gasteiger partial charge in [-0.15, -0.1) is 0 Å². The van der Waals surface area contributed by atoms with Crippen LogP contribution in [0.5, 0.6) is 0 Å². The van der Waals surface area contributed by atoms with Gasteiger partial charge in [0.25, 0.3) is 0 Å². The largest absolute Gasteiger partial charge is 0.377 e. The Labute approximate surface area is 146 Å². The molecule has 0 heterocycles. The van der Waals surface area contributed by atoms with E-state index in [9.17, 15) is 17.2 Å². The Morgan fingerprint density at radius 3 is 2.32 bits per heavy atom. The number of halogens is 2. The van der Waals surface area contributed by atoms with Crippen molar-refractivity contribution in [1.82, 2.24) is 4.72 Å². The predicted octanol–water partition coefficient (Wildman–Crippen LogP) is 3.06. The van der Waals surface area contributed by atoms with Crippen LogP contribution in [0.4, 0.5) is 14.5 Å². The first-order valence-corrected chi connectivity index (χ1v) is 9.05.